The van der Waals surface area contributed by atoms with E-state index in [1.165, 1.54) is 18.2 Å². The number of nitro groups is 1. The number of amides is 1. The number of benzene rings is 2. The lowest BCUT2D eigenvalue weighted by Gasteiger charge is -2.14. The highest BCUT2D eigenvalue weighted by Crippen LogP contribution is 2.24. The Morgan fingerprint density at radius 2 is 1.90 bits per heavy atom. The van der Waals surface area contributed by atoms with Gasteiger partial charge < -0.3 is 5.32 Å². The molecule has 0 unspecified atom stereocenters. The lowest BCUT2D eigenvalue weighted by atomic mass is 10.1. The molecule has 1 amide bonds. The Morgan fingerprint density at radius 1 is 1.24 bits per heavy atom. The van der Waals surface area contributed by atoms with Crippen molar-refractivity contribution in [1.82, 2.24) is 5.32 Å². The largest absolute Gasteiger partial charge is 0.345 e. The summed E-state index contributed by atoms with van der Waals surface area (Å²) < 4.78 is 0. The van der Waals surface area contributed by atoms with E-state index in [9.17, 15) is 14.9 Å². The Bertz CT molecular complexity index is 674. The number of nitrogens with zero attached hydrogens (tertiary/aromatic N) is 1. The van der Waals surface area contributed by atoms with Crippen LogP contribution in [0.25, 0.3) is 0 Å². The number of nitrogens with one attached hydrogen (secondary N) is 1. The maximum absolute atomic E-state index is 12.2. The van der Waals surface area contributed by atoms with E-state index < -0.39 is 10.8 Å². The average molecular weight is 305 g/mol. The van der Waals surface area contributed by atoms with Gasteiger partial charge in [0.15, 0.2) is 0 Å². The van der Waals surface area contributed by atoms with Gasteiger partial charge in [0.1, 0.15) is 5.56 Å². The summed E-state index contributed by atoms with van der Waals surface area (Å²) in [4.78, 5) is 22.6. The van der Waals surface area contributed by atoms with E-state index in [0.717, 1.165) is 5.56 Å². The SMILES string of the molecule is C[C@@H](NC(=O)c1ccc(Cl)cc1[N+](=O)[O-])c1ccccc1. The molecule has 0 saturated heterocycles. The highest BCUT2D eigenvalue weighted by atomic mass is 35.5. The van der Waals surface area contributed by atoms with Crippen LogP contribution < -0.4 is 5.32 Å². The van der Waals surface area contributed by atoms with Crippen molar-refractivity contribution in [1.29, 1.82) is 0 Å². The predicted molar refractivity (Wildman–Crippen MR) is 80.4 cm³/mol. The third-order valence-corrected chi connectivity index (χ3v) is 3.28. The molecule has 1 N–H and O–H groups in total. The van der Waals surface area contributed by atoms with E-state index >= 15 is 0 Å². The number of carbonyl (C=O) groups is 1. The van der Waals surface area contributed by atoms with Crippen LogP contribution in [-0.2, 0) is 0 Å². The van der Waals surface area contributed by atoms with E-state index in [1.54, 1.807) is 0 Å². The lowest BCUT2D eigenvalue weighted by Crippen LogP contribution is -2.27. The first kappa shape index (κ1) is 15.0. The van der Waals surface area contributed by atoms with Crippen molar-refractivity contribution in [3.63, 3.8) is 0 Å². The molecule has 0 heterocycles. The molecule has 21 heavy (non-hydrogen) atoms. The average Bonchev–Trinajstić information content (AvgIpc) is 2.47. The van der Waals surface area contributed by atoms with Gasteiger partial charge in [0, 0.05) is 11.1 Å². The fourth-order valence-corrected chi connectivity index (χ4v) is 2.11. The summed E-state index contributed by atoms with van der Waals surface area (Å²) in [5, 5.41) is 14.0. The Balaban J connectivity index is 2.23. The van der Waals surface area contributed by atoms with Gasteiger partial charge in [0.05, 0.1) is 11.0 Å². The Morgan fingerprint density at radius 3 is 2.52 bits per heavy atom. The smallest absolute Gasteiger partial charge is 0.283 e. The van der Waals surface area contributed by atoms with Crippen LogP contribution in [0.3, 0.4) is 0 Å². The van der Waals surface area contributed by atoms with E-state index in [-0.39, 0.29) is 22.3 Å². The summed E-state index contributed by atoms with van der Waals surface area (Å²) in [5.41, 5.74) is 0.606. The molecule has 0 aromatic heterocycles. The second-order valence-electron chi connectivity index (χ2n) is 4.52. The van der Waals surface area contributed by atoms with Crippen molar-refractivity contribution in [3.8, 4) is 0 Å². The first-order valence-corrected chi connectivity index (χ1v) is 6.66. The molecule has 0 bridgehead atoms. The molecule has 0 radical (unpaired) electrons. The fraction of sp³-hybridized carbons (Fsp3) is 0.133. The second kappa shape index (κ2) is 6.37. The molecular formula is C15H13ClN2O3. The number of nitro benzene ring substituents is 1. The summed E-state index contributed by atoms with van der Waals surface area (Å²) >= 11 is 5.73. The topological polar surface area (TPSA) is 72.2 Å². The van der Waals surface area contributed by atoms with E-state index in [0.29, 0.717) is 0 Å². The standard InChI is InChI=1S/C15H13ClN2O3/c1-10(11-5-3-2-4-6-11)17-15(19)13-8-7-12(16)9-14(13)18(20)21/h2-10H,1H3,(H,17,19)/t10-/m1/s1. The molecule has 0 fully saturated rings. The number of hydrogen-bond acceptors (Lipinski definition) is 3. The van der Waals surface area contributed by atoms with Gasteiger partial charge in [-0.1, -0.05) is 41.9 Å². The summed E-state index contributed by atoms with van der Waals surface area (Å²) in [6.45, 7) is 1.81. The van der Waals surface area contributed by atoms with E-state index in [4.69, 9.17) is 11.6 Å². The molecular weight excluding hydrogens is 292 g/mol. The van der Waals surface area contributed by atoms with Crippen molar-refractivity contribution >= 4 is 23.2 Å². The summed E-state index contributed by atoms with van der Waals surface area (Å²) in [6.07, 6.45) is 0. The molecule has 0 aliphatic heterocycles. The lowest BCUT2D eigenvalue weighted by molar-refractivity contribution is -0.385. The third-order valence-electron chi connectivity index (χ3n) is 3.05. The minimum Gasteiger partial charge on any atom is -0.345 e. The normalized spacial score (nSPS) is 11.7. The van der Waals surface area contributed by atoms with Gasteiger partial charge in [0.2, 0.25) is 0 Å². The highest BCUT2D eigenvalue weighted by molar-refractivity contribution is 6.31. The van der Waals surface area contributed by atoms with Crippen LogP contribution in [0.2, 0.25) is 5.02 Å². The van der Waals surface area contributed by atoms with Crippen molar-refractivity contribution in [2.75, 3.05) is 0 Å². The van der Waals surface area contributed by atoms with Crippen molar-refractivity contribution in [2.24, 2.45) is 0 Å². The van der Waals surface area contributed by atoms with Gasteiger partial charge in [-0.05, 0) is 24.6 Å². The maximum atomic E-state index is 12.2. The van der Waals surface area contributed by atoms with Gasteiger partial charge >= 0.3 is 0 Å². The van der Waals surface area contributed by atoms with Gasteiger partial charge in [-0.15, -0.1) is 0 Å². The zero-order chi connectivity index (χ0) is 15.4. The molecule has 0 aliphatic carbocycles. The van der Waals surface area contributed by atoms with Crippen LogP contribution in [0, 0.1) is 10.1 Å². The molecule has 0 spiro atoms. The molecule has 5 nitrogen and oxygen atoms in total. The van der Waals surface area contributed by atoms with Gasteiger partial charge in [-0.3, -0.25) is 14.9 Å². The van der Waals surface area contributed by atoms with Crippen molar-refractivity contribution < 1.29 is 9.72 Å². The number of hydrogen-bond donors (Lipinski definition) is 1. The molecule has 108 valence electrons. The van der Waals surface area contributed by atoms with Gasteiger partial charge in [-0.25, -0.2) is 0 Å². The van der Waals surface area contributed by atoms with Crippen LogP contribution >= 0.6 is 11.6 Å². The van der Waals surface area contributed by atoms with Crippen LogP contribution in [0.5, 0.6) is 0 Å². The predicted octanol–water partition coefficient (Wildman–Crippen LogP) is 3.74. The molecule has 2 aromatic carbocycles. The Labute approximate surface area is 126 Å². The number of halogens is 1. The number of rotatable bonds is 4. The third kappa shape index (κ3) is 3.58. The van der Waals surface area contributed by atoms with E-state index in [2.05, 4.69) is 5.32 Å². The summed E-state index contributed by atoms with van der Waals surface area (Å²) in [6, 6.07) is 13.1. The first-order chi connectivity index (χ1) is 9.99. The quantitative estimate of drug-likeness (QED) is 0.691. The minimum atomic E-state index is -0.617. The molecule has 1 atom stereocenters. The molecule has 0 saturated carbocycles. The highest BCUT2D eigenvalue weighted by Gasteiger charge is 2.21. The zero-order valence-corrected chi connectivity index (χ0v) is 12.0. The molecule has 6 heteroatoms. The molecule has 0 aliphatic rings. The first-order valence-electron chi connectivity index (χ1n) is 6.29. The molecule has 2 aromatic rings. The number of carbonyl (C=O) groups excluding carboxylic acids is 1. The summed E-state index contributed by atoms with van der Waals surface area (Å²) in [7, 11) is 0. The zero-order valence-electron chi connectivity index (χ0n) is 11.2. The maximum Gasteiger partial charge on any atom is 0.283 e. The minimum absolute atomic E-state index is 0.00724. The van der Waals surface area contributed by atoms with Gasteiger partial charge in [0.25, 0.3) is 11.6 Å². The second-order valence-corrected chi connectivity index (χ2v) is 4.96. The van der Waals surface area contributed by atoms with Crippen LogP contribution in [0.15, 0.2) is 48.5 Å². The van der Waals surface area contributed by atoms with E-state index in [1.807, 2.05) is 37.3 Å². The van der Waals surface area contributed by atoms with Crippen molar-refractivity contribution in [2.45, 2.75) is 13.0 Å². The Hall–Kier alpha value is -2.40. The summed E-state index contributed by atoms with van der Waals surface area (Å²) in [5.74, 6) is -0.505. The van der Waals surface area contributed by atoms with Gasteiger partial charge in [-0.2, -0.15) is 0 Å². The van der Waals surface area contributed by atoms with Crippen molar-refractivity contribution in [3.05, 3.63) is 74.8 Å². The van der Waals surface area contributed by atoms with Crippen LogP contribution in [0.4, 0.5) is 5.69 Å². The monoisotopic (exact) mass is 304 g/mol. The van der Waals surface area contributed by atoms with Crippen LogP contribution in [0.1, 0.15) is 28.9 Å². The molecule has 2 rings (SSSR count). The Kier molecular flexibility index (Phi) is 4.55. The van der Waals surface area contributed by atoms with Crippen LogP contribution in [-0.4, -0.2) is 10.8 Å². The fourth-order valence-electron chi connectivity index (χ4n) is 1.95.